The maximum absolute atomic E-state index is 12.5. The smallest absolute Gasteiger partial charge is 0.225 e. The minimum Gasteiger partial charge on any atom is -0.309 e. The van der Waals surface area contributed by atoms with E-state index in [1.54, 1.807) is 10.7 Å². The van der Waals surface area contributed by atoms with Gasteiger partial charge in [0.2, 0.25) is 5.91 Å². The van der Waals surface area contributed by atoms with Gasteiger partial charge in [-0.3, -0.25) is 4.79 Å². The molecule has 5 heteroatoms. The molecule has 0 radical (unpaired) electrons. The highest BCUT2D eigenvalue weighted by atomic mass is 16.1. The molecular formula is C21H24N4O. The normalized spacial score (nSPS) is 15.2. The van der Waals surface area contributed by atoms with Crippen molar-refractivity contribution in [1.82, 2.24) is 14.6 Å². The molecule has 1 fully saturated rings. The van der Waals surface area contributed by atoms with Gasteiger partial charge in [0.1, 0.15) is 0 Å². The molecule has 0 bridgehead atoms. The Balaban J connectivity index is 1.55. The highest BCUT2D eigenvalue weighted by Crippen LogP contribution is 2.31. The van der Waals surface area contributed by atoms with Crippen molar-refractivity contribution in [2.24, 2.45) is 5.92 Å². The number of nitrogens with zero attached hydrogens (tertiary/aromatic N) is 3. The van der Waals surface area contributed by atoms with Crippen molar-refractivity contribution in [3.05, 3.63) is 48.8 Å². The third-order valence-electron chi connectivity index (χ3n) is 5.22. The first kappa shape index (κ1) is 16.8. The number of nitrogens with one attached hydrogen (secondary N) is 1. The van der Waals surface area contributed by atoms with Crippen LogP contribution in [0.1, 0.15) is 44.9 Å². The van der Waals surface area contributed by atoms with E-state index in [1.807, 2.05) is 42.6 Å². The predicted molar refractivity (Wildman–Crippen MR) is 103 cm³/mol. The first-order chi connectivity index (χ1) is 12.8. The molecule has 1 aromatic carbocycles. The second-order valence-electron chi connectivity index (χ2n) is 7.07. The fourth-order valence-corrected chi connectivity index (χ4v) is 3.85. The highest BCUT2D eigenvalue weighted by Gasteiger charge is 2.19. The van der Waals surface area contributed by atoms with Crippen molar-refractivity contribution >= 4 is 17.4 Å². The zero-order chi connectivity index (χ0) is 17.8. The summed E-state index contributed by atoms with van der Waals surface area (Å²) in [6.07, 6.45) is 11.6. The number of anilines is 1. The van der Waals surface area contributed by atoms with E-state index in [2.05, 4.69) is 15.4 Å². The molecule has 0 aliphatic heterocycles. The lowest BCUT2D eigenvalue weighted by Gasteiger charge is -2.20. The number of hydrogen-bond donors (Lipinski definition) is 1. The summed E-state index contributed by atoms with van der Waals surface area (Å²) in [5.74, 6) is 1.32. The topological polar surface area (TPSA) is 59.3 Å². The lowest BCUT2D eigenvalue weighted by Crippen LogP contribution is -2.15. The molecule has 3 aromatic rings. The molecular weight excluding hydrogens is 324 g/mol. The van der Waals surface area contributed by atoms with Crippen molar-refractivity contribution in [3.63, 3.8) is 0 Å². The summed E-state index contributed by atoms with van der Waals surface area (Å²) in [7, 11) is 0. The maximum atomic E-state index is 12.5. The number of rotatable bonds is 5. The van der Waals surface area contributed by atoms with E-state index in [9.17, 15) is 4.79 Å². The average Bonchev–Trinajstić information content (AvgIpc) is 3.05. The SMILES string of the molecule is O=C(CCC1CCCCC1)Nc1nn2cccnc2c1-c1ccccc1. The van der Waals surface area contributed by atoms with E-state index in [4.69, 9.17) is 0 Å². The van der Waals surface area contributed by atoms with Crippen LogP contribution < -0.4 is 5.32 Å². The fourth-order valence-electron chi connectivity index (χ4n) is 3.85. The second-order valence-corrected chi connectivity index (χ2v) is 7.07. The summed E-state index contributed by atoms with van der Waals surface area (Å²) in [5, 5.41) is 7.57. The Morgan fingerprint density at radius 1 is 1.12 bits per heavy atom. The lowest BCUT2D eigenvalue weighted by molar-refractivity contribution is -0.116. The Hall–Kier alpha value is -2.69. The van der Waals surface area contributed by atoms with Crippen molar-refractivity contribution < 1.29 is 4.79 Å². The van der Waals surface area contributed by atoms with Crippen LogP contribution in [0.5, 0.6) is 0 Å². The molecule has 1 aliphatic carbocycles. The van der Waals surface area contributed by atoms with Gasteiger partial charge < -0.3 is 5.32 Å². The van der Waals surface area contributed by atoms with Gasteiger partial charge in [-0.05, 0) is 24.0 Å². The third-order valence-corrected chi connectivity index (χ3v) is 5.22. The Kier molecular flexibility index (Phi) is 4.95. The van der Waals surface area contributed by atoms with Crippen LogP contribution in [0.2, 0.25) is 0 Å². The minimum atomic E-state index is 0.0381. The Morgan fingerprint density at radius 2 is 1.92 bits per heavy atom. The van der Waals surface area contributed by atoms with Gasteiger partial charge in [-0.15, -0.1) is 5.10 Å². The van der Waals surface area contributed by atoms with Gasteiger partial charge in [-0.1, -0.05) is 62.4 Å². The number of carbonyl (C=O) groups excluding carboxylic acids is 1. The molecule has 26 heavy (non-hydrogen) atoms. The first-order valence-electron chi connectivity index (χ1n) is 9.50. The number of hydrogen-bond acceptors (Lipinski definition) is 3. The van der Waals surface area contributed by atoms with Crippen LogP contribution in [-0.2, 0) is 4.79 Å². The molecule has 5 nitrogen and oxygen atoms in total. The van der Waals surface area contributed by atoms with Gasteiger partial charge in [-0.2, -0.15) is 0 Å². The Bertz CT molecular complexity index is 881. The summed E-state index contributed by atoms with van der Waals surface area (Å²) in [6, 6.07) is 11.8. The average molecular weight is 348 g/mol. The van der Waals surface area contributed by atoms with Crippen LogP contribution >= 0.6 is 0 Å². The fraction of sp³-hybridized carbons (Fsp3) is 0.381. The van der Waals surface area contributed by atoms with Crippen molar-refractivity contribution in [2.75, 3.05) is 5.32 Å². The molecule has 1 aliphatic rings. The van der Waals surface area contributed by atoms with Crippen molar-refractivity contribution in [1.29, 1.82) is 0 Å². The summed E-state index contributed by atoms with van der Waals surface area (Å²) in [6.45, 7) is 0. The van der Waals surface area contributed by atoms with Gasteiger partial charge >= 0.3 is 0 Å². The largest absolute Gasteiger partial charge is 0.309 e. The molecule has 0 unspecified atom stereocenters. The van der Waals surface area contributed by atoms with Crippen molar-refractivity contribution in [2.45, 2.75) is 44.9 Å². The molecule has 134 valence electrons. The van der Waals surface area contributed by atoms with E-state index < -0.39 is 0 Å². The Labute approximate surface area is 153 Å². The minimum absolute atomic E-state index is 0.0381. The van der Waals surface area contributed by atoms with Crippen LogP contribution in [0.15, 0.2) is 48.8 Å². The van der Waals surface area contributed by atoms with Gasteiger partial charge in [-0.25, -0.2) is 9.50 Å². The van der Waals surface area contributed by atoms with Crippen LogP contribution in [0.4, 0.5) is 5.82 Å². The molecule has 1 saturated carbocycles. The number of carbonyl (C=O) groups is 1. The van der Waals surface area contributed by atoms with E-state index in [0.29, 0.717) is 18.2 Å². The molecule has 0 saturated heterocycles. The molecule has 4 rings (SSSR count). The summed E-state index contributed by atoms with van der Waals surface area (Å²) in [4.78, 5) is 17.0. The number of fused-ring (bicyclic) bond motifs is 1. The predicted octanol–water partition coefficient (Wildman–Crippen LogP) is 4.70. The van der Waals surface area contributed by atoms with Crippen molar-refractivity contribution in [3.8, 4) is 11.1 Å². The third kappa shape index (κ3) is 3.62. The zero-order valence-electron chi connectivity index (χ0n) is 14.9. The molecule has 0 spiro atoms. The van der Waals surface area contributed by atoms with Crippen LogP contribution in [0, 0.1) is 5.92 Å². The van der Waals surface area contributed by atoms with Gasteiger partial charge in [0.15, 0.2) is 11.5 Å². The summed E-state index contributed by atoms with van der Waals surface area (Å²) >= 11 is 0. The zero-order valence-corrected chi connectivity index (χ0v) is 14.9. The van der Waals surface area contributed by atoms with Crippen LogP contribution in [-0.4, -0.2) is 20.5 Å². The standard InChI is InChI=1S/C21H24N4O/c26-18(13-12-16-8-3-1-4-9-16)23-20-19(17-10-5-2-6-11-17)21-22-14-7-15-25(21)24-20/h2,5-7,10-11,14-16H,1,3-4,8-9,12-13H2,(H,23,24,26). The van der Waals surface area contributed by atoms with E-state index in [0.717, 1.165) is 23.2 Å². The van der Waals surface area contributed by atoms with E-state index >= 15 is 0 Å². The molecule has 0 atom stereocenters. The first-order valence-corrected chi connectivity index (χ1v) is 9.50. The number of benzene rings is 1. The molecule has 2 heterocycles. The number of aromatic nitrogens is 3. The van der Waals surface area contributed by atoms with Crippen LogP contribution in [0.3, 0.4) is 0 Å². The van der Waals surface area contributed by atoms with E-state index in [-0.39, 0.29) is 5.91 Å². The highest BCUT2D eigenvalue weighted by molar-refractivity contribution is 5.97. The van der Waals surface area contributed by atoms with Gasteiger partial charge in [0, 0.05) is 18.8 Å². The van der Waals surface area contributed by atoms with Crippen LogP contribution in [0.25, 0.3) is 16.8 Å². The lowest BCUT2D eigenvalue weighted by atomic mass is 9.86. The molecule has 1 amide bonds. The molecule has 2 aromatic heterocycles. The van der Waals surface area contributed by atoms with E-state index in [1.165, 1.54) is 32.1 Å². The Morgan fingerprint density at radius 3 is 2.73 bits per heavy atom. The monoisotopic (exact) mass is 348 g/mol. The van der Waals surface area contributed by atoms with Gasteiger partial charge in [0.05, 0.1) is 5.56 Å². The maximum Gasteiger partial charge on any atom is 0.225 e. The number of amides is 1. The second kappa shape index (κ2) is 7.68. The quantitative estimate of drug-likeness (QED) is 0.727. The summed E-state index contributed by atoms with van der Waals surface area (Å²) < 4.78 is 1.72. The summed E-state index contributed by atoms with van der Waals surface area (Å²) in [5.41, 5.74) is 2.63. The van der Waals surface area contributed by atoms with Gasteiger partial charge in [0.25, 0.3) is 0 Å². The molecule has 1 N–H and O–H groups in total.